The molecule has 6 heteroatoms. The van der Waals surface area contributed by atoms with Crippen molar-refractivity contribution in [3.8, 4) is 11.5 Å². The quantitative estimate of drug-likeness (QED) is 0.501. The molecule has 0 saturated heterocycles. The molecule has 2 heterocycles. The zero-order chi connectivity index (χ0) is 17.8. The van der Waals surface area contributed by atoms with E-state index in [4.69, 9.17) is 14.2 Å². The molecule has 0 radical (unpaired) electrons. The van der Waals surface area contributed by atoms with Gasteiger partial charge < -0.3 is 19.3 Å². The third-order valence-corrected chi connectivity index (χ3v) is 5.56. The summed E-state index contributed by atoms with van der Waals surface area (Å²) in [5.74, 6) is 1.80. The standard InChI is InChI=1S/C10H11IO2.C9H9IO2/c1-12-9-4-5-13-10-3-2-7(11)6-8(9)10;10-6-1-2-9-7(5-6)8(11)3-4-12-9/h2-3,6,9H,4-5H2,1H3;1-2,5,8,11H,3-4H2. The molecule has 0 aromatic heterocycles. The molecule has 0 spiro atoms. The van der Waals surface area contributed by atoms with Crippen molar-refractivity contribution in [1.82, 2.24) is 0 Å². The zero-order valence-electron chi connectivity index (χ0n) is 13.9. The molecule has 4 rings (SSSR count). The number of fused-ring (bicyclic) bond motifs is 2. The maximum atomic E-state index is 9.60. The van der Waals surface area contributed by atoms with Crippen LogP contribution < -0.4 is 9.47 Å². The molecule has 0 fully saturated rings. The zero-order valence-corrected chi connectivity index (χ0v) is 18.2. The van der Waals surface area contributed by atoms with Crippen LogP contribution in [0.4, 0.5) is 0 Å². The predicted molar refractivity (Wildman–Crippen MR) is 113 cm³/mol. The molecule has 25 heavy (non-hydrogen) atoms. The van der Waals surface area contributed by atoms with E-state index in [0.29, 0.717) is 13.0 Å². The Morgan fingerprint density at radius 3 is 2.12 bits per heavy atom. The Labute approximate surface area is 175 Å². The van der Waals surface area contributed by atoms with Crippen LogP contribution in [0.1, 0.15) is 36.2 Å². The first kappa shape index (κ1) is 19.2. The van der Waals surface area contributed by atoms with Crippen LogP contribution in [-0.2, 0) is 4.74 Å². The van der Waals surface area contributed by atoms with Crippen molar-refractivity contribution in [3.05, 3.63) is 54.7 Å². The minimum atomic E-state index is -0.344. The number of hydrogen-bond donors (Lipinski definition) is 1. The SMILES string of the molecule is COC1CCOc2ccc(I)cc21.OC1CCOc2ccc(I)cc21. The van der Waals surface area contributed by atoms with Gasteiger partial charge in [0.25, 0.3) is 0 Å². The Morgan fingerprint density at radius 1 is 0.920 bits per heavy atom. The largest absolute Gasteiger partial charge is 0.493 e. The monoisotopic (exact) mass is 566 g/mol. The van der Waals surface area contributed by atoms with Crippen molar-refractivity contribution in [3.63, 3.8) is 0 Å². The van der Waals surface area contributed by atoms with Crippen LogP contribution in [0.15, 0.2) is 36.4 Å². The molecule has 2 aromatic rings. The van der Waals surface area contributed by atoms with E-state index >= 15 is 0 Å². The molecule has 2 atom stereocenters. The lowest BCUT2D eigenvalue weighted by atomic mass is 10.0. The van der Waals surface area contributed by atoms with Gasteiger partial charge in [0.05, 0.1) is 25.4 Å². The number of methoxy groups -OCH3 is 1. The van der Waals surface area contributed by atoms with Crippen molar-refractivity contribution in [1.29, 1.82) is 0 Å². The highest BCUT2D eigenvalue weighted by Gasteiger charge is 2.21. The molecule has 2 aliphatic rings. The summed E-state index contributed by atoms with van der Waals surface area (Å²) >= 11 is 4.53. The van der Waals surface area contributed by atoms with Gasteiger partial charge in [-0.1, -0.05) is 0 Å². The van der Waals surface area contributed by atoms with E-state index in [9.17, 15) is 5.11 Å². The van der Waals surface area contributed by atoms with Gasteiger partial charge in [0.15, 0.2) is 0 Å². The first-order valence-electron chi connectivity index (χ1n) is 8.14. The molecule has 4 nitrogen and oxygen atoms in total. The highest BCUT2D eigenvalue weighted by atomic mass is 127. The van der Waals surface area contributed by atoms with E-state index in [0.717, 1.165) is 33.7 Å². The molecular weight excluding hydrogens is 546 g/mol. The lowest BCUT2D eigenvalue weighted by Crippen LogP contribution is -2.15. The number of aliphatic hydroxyl groups is 1. The van der Waals surface area contributed by atoms with Crippen LogP contribution in [0.5, 0.6) is 11.5 Å². The third-order valence-electron chi connectivity index (χ3n) is 4.22. The summed E-state index contributed by atoms with van der Waals surface area (Å²) in [4.78, 5) is 0. The summed E-state index contributed by atoms with van der Waals surface area (Å²) in [7, 11) is 1.75. The molecule has 134 valence electrons. The van der Waals surface area contributed by atoms with Crippen LogP contribution in [0.25, 0.3) is 0 Å². The number of rotatable bonds is 1. The molecule has 0 bridgehead atoms. The fraction of sp³-hybridized carbons (Fsp3) is 0.368. The minimum Gasteiger partial charge on any atom is -0.493 e. The Bertz CT molecular complexity index is 735. The van der Waals surface area contributed by atoms with Gasteiger partial charge in [-0.05, 0) is 81.6 Å². The summed E-state index contributed by atoms with van der Waals surface area (Å²) in [5.41, 5.74) is 2.11. The van der Waals surface area contributed by atoms with Gasteiger partial charge in [-0.25, -0.2) is 0 Å². The van der Waals surface area contributed by atoms with Gasteiger partial charge in [0.2, 0.25) is 0 Å². The van der Waals surface area contributed by atoms with Crippen molar-refractivity contribution >= 4 is 45.2 Å². The smallest absolute Gasteiger partial charge is 0.125 e. The van der Waals surface area contributed by atoms with E-state index < -0.39 is 0 Å². The van der Waals surface area contributed by atoms with Gasteiger partial charge >= 0.3 is 0 Å². The molecular formula is C19H20I2O4. The van der Waals surface area contributed by atoms with Crippen LogP contribution in [0.3, 0.4) is 0 Å². The Kier molecular flexibility index (Phi) is 6.81. The van der Waals surface area contributed by atoms with Crippen molar-refractivity contribution < 1.29 is 19.3 Å². The summed E-state index contributed by atoms with van der Waals surface area (Å²) < 4.78 is 18.7. The Balaban J connectivity index is 0.000000146. The maximum absolute atomic E-state index is 9.60. The molecule has 0 amide bonds. The summed E-state index contributed by atoms with van der Waals surface area (Å²) in [6.07, 6.45) is 1.51. The number of aliphatic hydroxyl groups excluding tert-OH is 1. The van der Waals surface area contributed by atoms with E-state index in [1.165, 1.54) is 9.13 Å². The average Bonchev–Trinajstić information content (AvgIpc) is 2.62. The first-order valence-corrected chi connectivity index (χ1v) is 10.3. The second-order valence-electron chi connectivity index (χ2n) is 5.88. The number of hydrogen-bond acceptors (Lipinski definition) is 4. The molecule has 0 saturated carbocycles. The van der Waals surface area contributed by atoms with Gasteiger partial charge in [0, 0.05) is 38.2 Å². The second kappa shape index (κ2) is 8.88. The van der Waals surface area contributed by atoms with E-state index in [1.54, 1.807) is 7.11 Å². The second-order valence-corrected chi connectivity index (χ2v) is 8.37. The summed E-state index contributed by atoms with van der Waals surface area (Å²) in [6.45, 7) is 1.38. The summed E-state index contributed by atoms with van der Waals surface area (Å²) in [5, 5.41) is 9.60. The molecule has 2 aliphatic heterocycles. The first-order chi connectivity index (χ1) is 12.1. The van der Waals surface area contributed by atoms with Gasteiger partial charge in [-0.3, -0.25) is 0 Å². The van der Waals surface area contributed by atoms with Crippen molar-refractivity contribution in [2.24, 2.45) is 0 Å². The summed E-state index contributed by atoms with van der Waals surface area (Å²) in [6, 6.07) is 12.1. The molecule has 2 unspecified atom stereocenters. The lowest BCUT2D eigenvalue weighted by molar-refractivity contribution is 0.0636. The predicted octanol–water partition coefficient (Wildman–Crippen LogP) is 4.87. The maximum Gasteiger partial charge on any atom is 0.125 e. The highest BCUT2D eigenvalue weighted by Crippen LogP contribution is 2.35. The van der Waals surface area contributed by atoms with Crippen molar-refractivity contribution in [2.45, 2.75) is 25.0 Å². The lowest BCUT2D eigenvalue weighted by Gasteiger charge is -2.24. The normalized spacial score (nSPS) is 21.0. The third kappa shape index (κ3) is 4.78. The minimum absolute atomic E-state index is 0.207. The molecule has 1 N–H and O–H groups in total. The van der Waals surface area contributed by atoms with Crippen LogP contribution in [0.2, 0.25) is 0 Å². The topological polar surface area (TPSA) is 47.9 Å². The van der Waals surface area contributed by atoms with E-state index in [1.807, 2.05) is 24.3 Å². The fourth-order valence-electron chi connectivity index (χ4n) is 2.93. The van der Waals surface area contributed by atoms with Gasteiger partial charge in [-0.15, -0.1) is 0 Å². The fourth-order valence-corrected chi connectivity index (χ4v) is 3.96. The van der Waals surface area contributed by atoms with Gasteiger partial charge in [-0.2, -0.15) is 0 Å². The molecule has 2 aromatic carbocycles. The van der Waals surface area contributed by atoms with Gasteiger partial charge in [0.1, 0.15) is 11.5 Å². The van der Waals surface area contributed by atoms with Crippen LogP contribution >= 0.6 is 45.2 Å². The van der Waals surface area contributed by atoms with Crippen LogP contribution in [-0.4, -0.2) is 25.4 Å². The average molecular weight is 566 g/mol. The number of ether oxygens (including phenoxy) is 3. The highest BCUT2D eigenvalue weighted by molar-refractivity contribution is 14.1. The number of halogens is 2. The molecule has 0 aliphatic carbocycles. The van der Waals surface area contributed by atoms with Crippen LogP contribution in [0, 0.1) is 7.14 Å². The van der Waals surface area contributed by atoms with E-state index in [2.05, 4.69) is 57.3 Å². The number of benzene rings is 2. The van der Waals surface area contributed by atoms with E-state index in [-0.39, 0.29) is 12.2 Å². The van der Waals surface area contributed by atoms with Crippen molar-refractivity contribution in [2.75, 3.05) is 20.3 Å². The Hall–Kier alpha value is -0.580. The Morgan fingerprint density at radius 2 is 1.48 bits per heavy atom.